The zero-order valence-corrected chi connectivity index (χ0v) is 24.3. The Bertz CT molecular complexity index is 2770. The highest BCUT2D eigenvalue weighted by molar-refractivity contribution is 6.29. The van der Waals surface area contributed by atoms with E-state index >= 15 is 0 Å². The van der Waals surface area contributed by atoms with Crippen molar-refractivity contribution < 1.29 is 4.42 Å². The van der Waals surface area contributed by atoms with Gasteiger partial charge in [-0.3, -0.25) is 0 Å². The van der Waals surface area contributed by atoms with Crippen LogP contribution in [0.15, 0.2) is 156 Å². The number of hydrogen-bond donors (Lipinski definition) is 0. The van der Waals surface area contributed by atoms with Crippen LogP contribution in [0.25, 0.3) is 98.3 Å². The molecule has 0 bridgehead atoms. The van der Waals surface area contributed by atoms with Crippen LogP contribution in [0.3, 0.4) is 0 Å². The molecule has 0 spiro atoms. The summed E-state index contributed by atoms with van der Waals surface area (Å²) in [5.41, 5.74) is 7.19. The van der Waals surface area contributed by atoms with Crippen molar-refractivity contribution in [2.24, 2.45) is 0 Å². The van der Waals surface area contributed by atoms with E-state index in [1.165, 1.54) is 43.3 Å². The van der Waals surface area contributed by atoms with E-state index in [0.717, 1.165) is 55.0 Å². The van der Waals surface area contributed by atoms with Crippen LogP contribution < -0.4 is 0 Å². The Morgan fingerprint density at radius 1 is 0.333 bits per heavy atom. The topological polar surface area (TPSA) is 26.0 Å². The molecule has 0 aliphatic rings. The first-order valence-corrected chi connectivity index (χ1v) is 15.4. The molecule has 0 unspecified atom stereocenters. The molecule has 2 heteroatoms. The second kappa shape index (κ2) is 9.25. The predicted molar refractivity (Wildman–Crippen MR) is 190 cm³/mol. The summed E-state index contributed by atoms with van der Waals surface area (Å²) in [6.07, 6.45) is 0. The highest BCUT2D eigenvalue weighted by Crippen LogP contribution is 2.42. The molecule has 0 saturated carbocycles. The number of benzene rings is 8. The lowest BCUT2D eigenvalue weighted by molar-refractivity contribution is 0.669. The maximum Gasteiger partial charge on any atom is 0.136 e. The molecule has 10 aromatic rings. The molecule has 45 heavy (non-hydrogen) atoms. The van der Waals surface area contributed by atoms with Crippen molar-refractivity contribution in [3.63, 3.8) is 0 Å². The Hall–Kier alpha value is -5.99. The van der Waals surface area contributed by atoms with Gasteiger partial charge < -0.3 is 4.42 Å². The van der Waals surface area contributed by atoms with E-state index in [1.807, 2.05) is 12.1 Å². The molecule has 0 radical (unpaired) electrons. The highest BCUT2D eigenvalue weighted by Gasteiger charge is 2.18. The van der Waals surface area contributed by atoms with E-state index in [-0.39, 0.29) is 0 Å². The van der Waals surface area contributed by atoms with Crippen LogP contribution >= 0.6 is 0 Å². The number of nitrogens with zero attached hydrogens (tertiary/aromatic N) is 1. The van der Waals surface area contributed by atoms with Crippen molar-refractivity contribution in [2.45, 2.75) is 0 Å². The third-order valence-corrected chi connectivity index (χ3v) is 9.42. The Kier molecular flexibility index (Phi) is 5.03. The number of aromatic nitrogens is 1. The summed E-state index contributed by atoms with van der Waals surface area (Å²) in [4.78, 5) is 5.35. The number of pyridine rings is 1. The quantitative estimate of drug-likeness (QED) is 0.193. The summed E-state index contributed by atoms with van der Waals surface area (Å²) in [6, 6.07) is 54.2. The van der Waals surface area contributed by atoms with Gasteiger partial charge in [-0.2, -0.15) is 0 Å². The number of furan rings is 1. The maximum absolute atomic E-state index is 6.33. The van der Waals surface area contributed by atoms with Crippen molar-refractivity contribution in [1.82, 2.24) is 4.98 Å². The van der Waals surface area contributed by atoms with Crippen molar-refractivity contribution in [1.29, 1.82) is 0 Å². The Labute approximate surface area is 258 Å². The predicted octanol–water partition coefficient (Wildman–Crippen LogP) is 12.1. The maximum atomic E-state index is 6.33. The average molecular weight is 572 g/mol. The van der Waals surface area contributed by atoms with Gasteiger partial charge in [-0.1, -0.05) is 121 Å². The lowest BCUT2D eigenvalue weighted by atomic mass is 9.91. The normalized spacial score (nSPS) is 12.0. The van der Waals surface area contributed by atoms with Crippen LogP contribution in [-0.4, -0.2) is 4.98 Å². The fourth-order valence-corrected chi connectivity index (χ4v) is 7.39. The van der Waals surface area contributed by atoms with Gasteiger partial charge in [0.2, 0.25) is 0 Å². The van der Waals surface area contributed by atoms with Gasteiger partial charge in [0.1, 0.15) is 11.2 Å². The molecule has 2 nitrogen and oxygen atoms in total. The lowest BCUT2D eigenvalue weighted by Gasteiger charge is -2.14. The number of fused-ring (bicyclic) bond motifs is 13. The van der Waals surface area contributed by atoms with Crippen molar-refractivity contribution in [3.8, 4) is 22.4 Å². The summed E-state index contributed by atoms with van der Waals surface area (Å²) in [5.74, 6) is 0. The minimum absolute atomic E-state index is 0.896. The second-order valence-corrected chi connectivity index (χ2v) is 11.9. The van der Waals surface area contributed by atoms with E-state index in [9.17, 15) is 0 Å². The van der Waals surface area contributed by atoms with Crippen molar-refractivity contribution >= 4 is 75.9 Å². The van der Waals surface area contributed by atoms with E-state index < -0.39 is 0 Å². The van der Waals surface area contributed by atoms with Gasteiger partial charge in [0, 0.05) is 32.5 Å². The SMILES string of the molecule is c1ccc(-c2nc3cc(-c4ccc5c6ccccc6c6ccccc6c5c4)ccc3c3c2ccc2oc4ccccc4c23)cc1. The van der Waals surface area contributed by atoms with Crippen molar-refractivity contribution in [3.05, 3.63) is 152 Å². The van der Waals surface area contributed by atoms with Gasteiger partial charge in [0.15, 0.2) is 0 Å². The molecule has 0 fully saturated rings. The molecule has 0 N–H and O–H groups in total. The number of para-hydroxylation sites is 1. The fourth-order valence-electron chi connectivity index (χ4n) is 7.39. The summed E-state index contributed by atoms with van der Waals surface area (Å²) in [7, 11) is 0. The molecule has 0 aliphatic heterocycles. The van der Waals surface area contributed by atoms with E-state index in [0.29, 0.717) is 0 Å². The largest absolute Gasteiger partial charge is 0.456 e. The first kappa shape index (κ1) is 24.5. The van der Waals surface area contributed by atoms with E-state index in [2.05, 4.69) is 140 Å². The van der Waals surface area contributed by atoms with Crippen LogP contribution in [0, 0.1) is 0 Å². The second-order valence-electron chi connectivity index (χ2n) is 11.9. The van der Waals surface area contributed by atoms with Crippen LogP contribution in [0.2, 0.25) is 0 Å². The molecule has 208 valence electrons. The molecular weight excluding hydrogens is 546 g/mol. The fraction of sp³-hybridized carbons (Fsp3) is 0. The smallest absolute Gasteiger partial charge is 0.136 e. The zero-order chi connectivity index (χ0) is 29.5. The minimum atomic E-state index is 0.896. The Morgan fingerprint density at radius 3 is 1.62 bits per heavy atom. The monoisotopic (exact) mass is 571 g/mol. The third-order valence-electron chi connectivity index (χ3n) is 9.42. The average Bonchev–Trinajstić information content (AvgIpc) is 3.50. The van der Waals surface area contributed by atoms with Crippen LogP contribution in [0.5, 0.6) is 0 Å². The van der Waals surface area contributed by atoms with Crippen LogP contribution in [-0.2, 0) is 0 Å². The van der Waals surface area contributed by atoms with E-state index in [4.69, 9.17) is 9.40 Å². The molecule has 0 amide bonds. The number of rotatable bonds is 2. The molecule has 0 atom stereocenters. The molecule has 0 aliphatic carbocycles. The first-order valence-electron chi connectivity index (χ1n) is 15.4. The molecule has 8 aromatic carbocycles. The summed E-state index contributed by atoms with van der Waals surface area (Å²) in [5, 5.41) is 13.4. The molecule has 0 saturated heterocycles. The number of hydrogen-bond acceptors (Lipinski definition) is 2. The zero-order valence-electron chi connectivity index (χ0n) is 24.3. The third kappa shape index (κ3) is 3.54. The van der Waals surface area contributed by atoms with Gasteiger partial charge in [-0.05, 0) is 73.8 Å². The highest BCUT2D eigenvalue weighted by atomic mass is 16.3. The first-order chi connectivity index (χ1) is 22.3. The minimum Gasteiger partial charge on any atom is -0.456 e. The molecular formula is C43H25NO. The summed E-state index contributed by atoms with van der Waals surface area (Å²) < 4.78 is 6.33. The van der Waals surface area contributed by atoms with Crippen LogP contribution in [0.1, 0.15) is 0 Å². The Morgan fingerprint density at radius 2 is 0.889 bits per heavy atom. The lowest BCUT2D eigenvalue weighted by Crippen LogP contribution is -1.91. The summed E-state index contributed by atoms with van der Waals surface area (Å²) >= 11 is 0. The molecule has 2 heterocycles. The van der Waals surface area contributed by atoms with Gasteiger partial charge in [-0.15, -0.1) is 0 Å². The van der Waals surface area contributed by atoms with Gasteiger partial charge in [-0.25, -0.2) is 4.98 Å². The molecule has 2 aromatic heterocycles. The molecule has 10 rings (SSSR count). The van der Waals surface area contributed by atoms with Crippen LogP contribution in [0.4, 0.5) is 0 Å². The Balaban J connectivity index is 1.28. The summed E-state index contributed by atoms with van der Waals surface area (Å²) in [6.45, 7) is 0. The van der Waals surface area contributed by atoms with Crippen molar-refractivity contribution in [2.75, 3.05) is 0 Å². The van der Waals surface area contributed by atoms with Gasteiger partial charge in [0.25, 0.3) is 0 Å². The van der Waals surface area contributed by atoms with Gasteiger partial charge in [0.05, 0.1) is 11.2 Å². The van der Waals surface area contributed by atoms with E-state index in [1.54, 1.807) is 0 Å². The standard InChI is InChI=1S/C43H25NO/c1-2-10-26(11-3-1)43-36-22-23-40-42(35-16-8-9-17-39(35)45-40)41(36)34-21-19-28(25-38(34)44-43)27-18-20-33-31-14-5-4-12-29(31)30-13-6-7-15-32(30)37(33)24-27/h1-25H. The van der Waals surface area contributed by atoms with Gasteiger partial charge >= 0.3 is 0 Å².